The summed E-state index contributed by atoms with van der Waals surface area (Å²) in [7, 11) is 3.96. The Balaban J connectivity index is 3.04. The maximum Gasteiger partial charge on any atom is 0.150 e. The number of hydrogen-bond donors (Lipinski definition) is 1. The Bertz CT molecular complexity index is 275. The summed E-state index contributed by atoms with van der Waals surface area (Å²) in [4.78, 5) is 1.98. The van der Waals surface area contributed by atoms with Gasteiger partial charge in [0, 0.05) is 32.7 Å². The van der Waals surface area contributed by atoms with E-state index in [-0.39, 0.29) is 0 Å². The molecule has 0 saturated heterocycles. The number of hydrogen-bond acceptors (Lipinski definition) is 3. The Kier molecular flexibility index (Phi) is 2.93. The zero-order valence-electron chi connectivity index (χ0n) is 8.78. The lowest BCUT2D eigenvalue weighted by atomic mass is 10.3. The minimum absolute atomic E-state index is 0.368. The molecule has 1 aromatic heterocycles. The highest BCUT2D eigenvalue weighted by Crippen LogP contribution is 2.15. The van der Waals surface area contributed by atoms with E-state index < -0.39 is 0 Å². The first-order chi connectivity index (χ1) is 6.06. The third-order valence-electron chi connectivity index (χ3n) is 1.96. The van der Waals surface area contributed by atoms with E-state index in [1.807, 2.05) is 29.7 Å². The first kappa shape index (κ1) is 10.1. The number of nitrogens with two attached hydrogens (primary N) is 1. The molecule has 4 nitrogen and oxygen atoms in total. The van der Waals surface area contributed by atoms with Crippen LogP contribution in [-0.2, 0) is 6.54 Å². The topological polar surface area (TPSA) is 47.1 Å². The lowest BCUT2D eigenvalue weighted by molar-refractivity contribution is 0.510. The summed E-state index contributed by atoms with van der Waals surface area (Å²) in [5.41, 5.74) is 6.70. The van der Waals surface area contributed by atoms with Crippen LogP contribution < -0.4 is 10.6 Å². The molecule has 0 aliphatic heterocycles. The van der Waals surface area contributed by atoms with Crippen molar-refractivity contribution < 1.29 is 0 Å². The number of rotatable bonds is 3. The van der Waals surface area contributed by atoms with Crippen molar-refractivity contribution in [1.29, 1.82) is 0 Å². The standard InChI is InChI=1S/C9H18N4/c1-7(2)13-8(6-10)5-9(11-13)12(3)4/h5,7H,6,10H2,1-4H3. The molecule has 1 heterocycles. The second kappa shape index (κ2) is 3.79. The van der Waals surface area contributed by atoms with E-state index >= 15 is 0 Å². The third kappa shape index (κ3) is 2.01. The van der Waals surface area contributed by atoms with Crippen molar-refractivity contribution in [3.8, 4) is 0 Å². The number of anilines is 1. The van der Waals surface area contributed by atoms with Crippen LogP contribution in [0.1, 0.15) is 25.6 Å². The second-order valence-electron chi connectivity index (χ2n) is 3.63. The molecule has 0 bridgehead atoms. The van der Waals surface area contributed by atoms with Crippen LogP contribution in [0.15, 0.2) is 6.07 Å². The van der Waals surface area contributed by atoms with Crippen molar-refractivity contribution in [1.82, 2.24) is 9.78 Å². The van der Waals surface area contributed by atoms with Crippen LogP contribution >= 0.6 is 0 Å². The Morgan fingerprint density at radius 2 is 2.15 bits per heavy atom. The van der Waals surface area contributed by atoms with Gasteiger partial charge >= 0.3 is 0 Å². The molecule has 0 saturated carbocycles. The van der Waals surface area contributed by atoms with Crippen molar-refractivity contribution in [3.05, 3.63) is 11.8 Å². The highest BCUT2D eigenvalue weighted by atomic mass is 15.4. The summed E-state index contributed by atoms with van der Waals surface area (Å²) in [6, 6.07) is 2.40. The number of aromatic nitrogens is 2. The molecule has 1 aromatic rings. The minimum Gasteiger partial charge on any atom is -0.361 e. The van der Waals surface area contributed by atoms with Gasteiger partial charge in [-0.1, -0.05) is 0 Å². The zero-order chi connectivity index (χ0) is 10.0. The highest BCUT2D eigenvalue weighted by Gasteiger charge is 2.09. The zero-order valence-corrected chi connectivity index (χ0v) is 8.78. The van der Waals surface area contributed by atoms with E-state index in [2.05, 4.69) is 18.9 Å². The first-order valence-electron chi connectivity index (χ1n) is 4.52. The summed E-state index contributed by atoms with van der Waals surface area (Å²) < 4.78 is 1.97. The predicted octanol–water partition coefficient (Wildman–Crippen LogP) is 0.989. The molecule has 0 spiro atoms. The molecule has 0 unspecified atom stereocenters. The van der Waals surface area contributed by atoms with Crippen LogP contribution in [0.2, 0.25) is 0 Å². The van der Waals surface area contributed by atoms with Gasteiger partial charge in [0.2, 0.25) is 0 Å². The smallest absolute Gasteiger partial charge is 0.150 e. The monoisotopic (exact) mass is 182 g/mol. The predicted molar refractivity (Wildman–Crippen MR) is 54.8 cm³/mol. The summed E-state index contributed by atoms with van der Waals surface area (Å²) >= 11 is 0. The second-order valence-corrected chi connectivity index (χ2v) is 3.63. The molecule has 2 N–H and O–H groups in total. The van der Waals surface area contributed by atoms with Gasteiger partial charge in [0.15, 0.2) is 0 Å². The van der Waals surface area contributed by atoms with Crippen LogP contribution in [0.25, 0.3) is 0 Å². The molecule has 13 heavy (non-hydrogen) atoms. The largest absolute Gasteiger partial charge is 0.361 e. The van der Waals surface area contributed by atoms with E-state index in [0.29, 0.717) is 12.6 Å². The average Bonchev–Trinajstić information content (AvgIpc) is 2.47. The van der Waals surface area contributed by atoms with Crippen molar-refractivity contribution in [2.24, 2.45) is 5.73 Å². The SMILES string of the molecule is CC(C)n1nc(N(C)C)cc1CN. The summed E-state index contributed by atoms with van der Waals surface area (Å²) in [6.07, 6.45) is 0. The lowest BCUT2D eigenvalue weighted by Crippen LogP contribution is -2.12. The van der Waals surface area contributed by atoms with Crippen molar-refractivity contribution in [2.45, 2.75) is 26.4 Å². The molecule has 4 heteroatoms. The minimum atomic E-state index is 0.368. The quantitative estimate of drug-likeness (QED) is 0.758. The van der Waals surface area contributed by atoms with Gasteiger partial charge in [-0.2, -0.15) is 5.10 Å². The molecule has 1 rings (SSSR count). The van der Waals surface area contributed by atoms with E-state index in [4.69, 9.17) is 5.73 Å². The Morgan fingerprint density at radius 1 is 1.54 bits per heavy atom. The van der Waals surface area contributed by atoms with Crippen molar-refractivity contribution in [2.75, 3.05) is 19.0 Å². The van der Waals surface area contributed by atoms with Crippen LogP contribution in [0.3, 0.4) is 0 Å². The van der Waals surface area contributed by atoms with E-state index in [9.17, 15) is 0 Å². The van der Waals surface area contributed by atoms with Crippen molar-refractivity contribution >= 4 is 5.82 Å². The fourth-order valence-electron chi connectivity index (χ4n) is 1.24. The van der Waals surface area contributed by atoms with E-state index in [1.165, 1.54) is 0 Å². The third-order valence-corrected chi connectivity index (χ3v) is 1.96. The van der Waals surface area contributed by atoms with Gasteiger partial charge < -0.3 is 10.6 Å². The van der Waals surface area contributed by atoms with Gasteiger partial charge in [0.05, 0.1) is 5.69 Å². The van der Waals surface area contributed by atoms with Gasteiger partial charge in [-0.3, -0.25) is 4.68 Å². The van der Waals surface area contributed by atoms with Gasteiger partial charge in [0.25, 0.3) is 0 Å². The van der Waals surface area contributed by atoms with Gasteiger partial charge in [-0.05, 0) is 13.8 Å². The fraction of sp³-hybridized carbons (Fsp3) is 0.667. The normalized spacial score (nSPS) is 10.9. The maximum atomic E-state index is 5.62. The molecule has 0 radical (unpaired) electrons. The van der Waals surface area contributed by atoms with Crippen LogP contribution in [-0.4, -0.2) is 23.9 Å². The maximum absolute atomic E-state index is 5.62. The fourth-order valence-corrected chi connectivity index (χ4v) is 1.24. The van der Waals surface area contributed by atoms with Gasteiger partial charge in [-0.25, -0.2) is 0 Å². The average molecular weight is 182 g/mol. The molecule has 0 atom stereocenters. The molecule has 0 aromatic carbocycles. The van der Waals surface area contributed by atoms with Crippen LogP contribution in [0.5, 0.6) is 0 Å². The Labute approximate surface area is 79.3 Å². The summed E-state index contributed by atoms with van der Waals surface area (Å²) in [6.45, 7) is 4.75. The lowest BCUT2D eigenvalue weighted by Gasteiger charge is -2.09. The molecule has 0 amide bonds. The number of nitrogens with zero attached hydrogens (tertiary/aromatic N) is 3. The van der Waals surface area contributed by atoms with Crippen LogP contribution in [0.4, 0.5) is 5.82 Å². The first-order valence-corrected chi connectivity index (χ1v) is 4.52. The van der Waals surface area contributed by atoms with Gasteiger partial charge in [0.1, 0.15) is 5.82 Å². The molecular weight excluding hydrogens is 164 g/mol. The summed E-state index contributed by atoms with van der Waals surface area (Å²) in [5, 5.41) is 4.44. The molecule has 0 aliphatic carbocycles. The molecular formula is C9H18N4. The molecule has 0 fully saturated rings. The van der Waals surface area contributed by atoms with Gasteiger partial charge in [-0.15, -0.1) is 0 Å². The Hall–Kier alpha value is -1.03. The highest BCUT2D eigenvalue weighted by molar-refractivity contribution is 5.37. The Morgan fingerprint density at radius 3 is 2.46 bits per heavy atom. The summed E-state index contributed by atoms with van der Waals surface area (Å²) in [5.74, 6) is 0.967. The molecule has 74 valence electrons. The van der Waals surface area contributed by atoms with Crippen LogP contribution in [0, 0.1) is 0 Å². The van der Waals surface area contributed by atoms with Crippen molar-refractivity contribution in [3.63, 3.8) is 0 Å². The van der Waals surface area contributed by atoms with E-state index in [0.717, 1.165) is 11.5 Å². The molecule has 0 aliphatic rings. The van der Waals surface area contributed by atoms with E-state index in [1.54, 1.807) is 0 Å².